The van der Waals surface area contributed by atoms with Gasteiger partial charge >= 0.3 is 0 Å². The average molecular weight is 342 g/mol. The molecule has 0 bridgehead atoms. The first-order chi connectivity index (χ1) is 11.8. The third kappa shape index (κ3) is 4.96. The summed E-state index contributed by atoms with van der Waals surface area (Å²) < 4.78 is 0. The quantitative estimate of drug-likeness (QED) is 0.594. The molecule has 1 aliphatic carbocycles. The summed E-state index contributed by atoms with van der Waals surface area (Å²) in [4.78, 5) is 16.3. The van der Waals surface area contributed by atoms with E-state index in [4.69, 9.17) is 0 Å². The van der Waals surface area contributed by atoms with Gasteiger partial charge in [-0.2, -0.15) is 5.10 Å². The second kappa shape index (κ2) is 8.68. The number of nitrogens with one attached hydrogen (secondary N) is 2. The predicted molar refractivity (Wildman–Crippen MR) is 95.9 cm³/mol. The van der Waals surface area contributed by atoms with Crippen molar-refractivity contribution in [1.82, 2.24) is 20.5 Å². The van der Waals surface area contributed by atoms with E-state index in [0.717, 1.165) is 22.9 Å². The summed E-state index contributed by atoms with van der Waals surface area (Å²) in [5.41, 5.74) is 3.35. The number of aromatic amines is 1. The molecule has 0 saturated heterocycles. The summed E-state index contributed by atoms with van der Waals surface area (Å²) in [6, 6.07) is 7.74. The Morgan fingerprint density at radius 2 is 2.12 bits per heavy atom. The van der Waals surface area contributed by atoms with Crippen molar-refractivity contribution in [1.29, 1.82) is 0 Å². The van der Waals surface area contributed by atoms with Crippen molar-refractivity contribution < 1.29 is 4.79 Å². The van der Waals surface area contributed by atoms with Gasteiger partial charge in [-0.05, 0) is 49.8 Å². The van der Waals surface area contributed by atoms with Crippen molar-refractivity contribution in [3.63, 3.8) is 0 Å². The Morgan fingerprint density at radius 3 is 2.83 bits per heavy atom. The van der Waals surface area contributed by atoms with Crippen molar-refractivity contribution in [3.8, 4) is 0 Å². The van der Waals surface area contributed by atoms with Crippen LogP contribution in [0, 0.1) is 0 Å². The van der Waals surface area contributed by atoms with E-state index in [0.29, 0.717) is 12.1 Å². The number of hydrogen-bond donors (Lipinski definition) is 2. The van der Waals surface area contributed by atoms with Gasteiger partial charge in [-0.3, -0.25) is 9.89 Å². The molecule has 6 heteroatoms. The Labute approximate surface area is 146 Å². The fourth-order valence-electron chi connectivity index (χ4n) is 2.74. The van der Waals surface area contributed by atoms with Crippen LogP contribution in [0.3, 0.4) is 0 Å². The van der Waals surface area contributed by atoms with Crippen molar-refractivity contribution in [2.75, 3.05) is 6.54 Å². The number of hydrogen-bond acceptors (Lipinski definition) is 4. The van der Waals surface area contributed by atoms with Crippen LogP contribution in [0.5, 0.6) is 0 Å². The number of allylic oxidation sites excluding steroid dienone is 1. The molecule has 0 fully saturated rings. The third-order valence-electron chi connectivity index (χ3n) is 4.10. The van der Waals surface area contributed by atoms with Gasteiger partial charge in [-0.1, -0.05) is 35.5 Å². The van der Waals surface area contributed by atoms with Crippen molar-refractivity contribution in [2.45, 2.75) is 43.0 Å². The van der Waals surface area contributed by atoms with Gasteiger partial charge in [0.15, 0.2) is 5.16 Å². The second-order valence-electron chi connectivity index (χ2n) is 5.89. The maximum atomic E-state index is 12.2. The monoisotopic (exact) mass is 342 g/mol. The molecule has 5 nitrogen and oxygen atoms in total. The largest absolute Gasteiger partial charge is 0.352 e. The molecule has 1 heterocycles. The number of amides is 1. The second-order valence-corrected chi connectivity index (χ2v) is 6.85. The van der Waals surface area contributed by atoms with E-state index in [2.05, 4.69) is 26.6 Å². The number of aromatic nitrogens is 3. The highest BCUT2D eigenvalue weighted by molar-refractivity contribution is 7.98. The molecule has 2 N–H and O–H groups in total. The number of nitrogens with zero attached hydrogens (tertiary/aromatic N) is 2. The minimum Gasteiger partial charge on any atom is -0.352 e. The summed E-state index contributed by atoms with van der Waals surface area (Å²) >= 11 is 1.59. The minimum atomic E-state index is 0.000784. The van der Waals surface area contributed by atoms with Gasteiger partial charge in [0, 0.05) is 17.9 Å². The van der Waals surface area contributed by atoms with E-state index < -0.39 is 0 Å². The summed E-state index contributed by atoms with van der Waals surface area (Å²) in [6.07, 6.45) is 9.77. The van der Waals surface area contributed by atoms with Gasteiger partial charge in [0.1, 0.15) is 6.33 Å². The molecule has 126 valence electrons. The van der Waals surface area contributed by atoms with Gasteiger partial charge in [0.2, 0.25) is 0 Å². The van der Waals surface area contributed by atoms with Gasteiger partial charge in [-0.25, -0.2) is 4.98 Å². The minimum absolute atomic E-state index is 0.000784. The smallest absolute Gasteiger partial charge is 0.251 e. The SMILES string of the molecule is O=C(NCCC1=CCCCC1)c1ccc(CSc2ncn[nH]2)cc1. The van der Waals surface area contributed by atoms with Crippen LogP contribution in [0.15, 0.2) is 47.4 Å². The van der Waals surface area contributed by atoms with E-state index >= 15 is 0 Å². The highest BCUT2D eigenvalue weighted by Crippen LogP contribution is 2.20. The summed E-state index contributed by atoms with van der Waals surface area (Å²) in [5, 5.41) is 10.5. The van der Waals surface area contributed by atoms with Crippen LogP contribution < -0.4 is 5.32 Å². The molecule has 3 rings (SSSR count). The molecule has 0 radical (unpaired) electrons. The highest BCUT2D eigenvalue weighted by atomic mass is 32.2. The number of rotatable bonds is 7. The van der Waals surface area contributed by atoms with Crippen LogP contribution >= 0.6 is 11.8 Å². The molecule has 0 unspecified atom stereocenters. The zero-order valence-electron chi connectivity index (χ0n) is 13.6. The third-order valence-corrected chi connectivity index (χ3v) is 5.05. The van der Waals surface area contributed by atoms with Gasteiger partial charge in [0.25, 0.3) is 5.91 Å². The van der Waals surface area contributed by atoms with Crippen LogP contribution in [0.1, 0.15) is 48.0 Å². The van der Waals surface area contributed by atoms with Crippen LogP contribution in [0.4, 0.5) is 0 Å². The highest BCUT2D eigenvalue weighted by Gasteiger charge is 2.07. The van der Waals surface area contributed by atoms with E-state index in [1.165, 1.54) is 37.6 Å². The Hall–Kier alpha value is -2.08. The van der Waals surface area contributed by atoms with Crippen molar-refractivity contribution in [2.24, 2.45) is 0 Å². The Bertz CT molecular complexity index is 680. The van der Waals surface area contributed by atoms with E-state index in [1.807, 2.05) is 24.3 Å². The lowest BCUT2D eigenvalue weighted by Gasteiger charge is -2.13. The molecule has 1 aromatic carbocycles. The predicted octanol–water partition coefficient (Wildman–Crippen LogP) is 3.72. The molecule has 24 heavy (non-hydrogen) atoms. The Kier molecular flexibility index (Phi) is 6.07. The van der Waals surface area contributed by atoms with Gasteiger partial charge in [-0.15, -0.1) is 0 Å². The zero-order chi connectivity index (χ0) is 16.6. The fraction of sp³-hybridized carbons (Fsp3) is 0.389. The molecule has 1 aromatic heterocycles. The van der Waals surface area contributed by atoms with Crippen molar-refractivity contribution >= 4 is 17.7 Å². The molecule has 0 saturated carbocycles. The number of H-pyrrole nitrogens is 1. The lowest BCUT2D eigenvalue weighted by Crippen LogP contribution is -2.24. The van der Waals surface area contributed by atoms with Crippen LogP contribution in [0.2, 0.25) is 0 Å². The molecule has 2 aromatic rings. The van der Waals surface area contributed by atoms with Crippen LogP contribution in [0.25, 0.3) is 0 Å². The number of benzene rings is 1. The number of carbonyl (C=O) groups excluding carboxylic acids is 1. The standard InChI is InChI=1S/C18H22N4OS/c23-17(19-11-10-14-4-2-1-3-5-14)16-8-6-15(7-9-16)12-24-18-20-13-21-22-18/h4,6-9,13H,1-3,5,10-12H2,(H,19,23)(H,20,21,22). The number of thioether (sulfide) groups is 1. The first-order valence-electron chi connectivity index (χ1n) is 8.34. The molecule has 1 aliphatic rings. The first-order valence-corrected chi connectivity index (χ1v) is 9.33. The summed E-state index contributed by atoms with van der Waals surface area (Å²) in [5.74, 6) is 0.798. The fourth-order valence-corrected chi connectivity index (χ4v) is 3.47. The summed E-state index contributed by atoms with van der Waals surface area (Å²) in [7, 11) is 0. The van der Waals surface area contributed by atoms with E-state index in [9.17, 15) is 4.79 Å². The van der Waals surface area contributed by atoms with Crippen LogP contribution in [-0.2, 0) is 5.75 Å². The maximum Gasteiger partial charge on any atom is 0.251 e. The van der Waals surface area contributed by atoms with E-state index in [1.54, 1.807) is 11.8 Å². The molecule has 1 amide bonds. The summed E-state index contributed by atoms with van der Waals surface area (Å²) in [6.45, 7) is 0.716. The molecule has 0 aliphatic heterocycles. The van der Waals surface area contributed by atoms with Crippen molar-refractivity contribution in [3.05, 3.63) is 53.4 Å². The lowest BCUT2D eigenvalue weighted by molar-refractivity contribution is 0.0954. The number of carbonyl (C=O) groups is 1. The topological polar surface area (TPSA) is 70.7 Å². The Balaban J connectivity index is 1.44. The van der Waals surface area contributed by atoms with Crippen LogP contribution in [-0.4, -0.2) is 27.6 Å². The molecule has 0 atom stereocenters. The zero-order valence-corrected chi connectivity index (χ0v) is 14.4. The van der Waals surface area contributed by atoms with Gasteiger partial charge < -0.3 is 5.32 Å². The normalized spacial score (nSPS) is 14.2. The van der Waals surface area contributed by atoms with E-state index in [-0.39, 0.29) is 5.91 Å². The molecular formula is C18H22N4OS. The van der Waals surface area contributed by atoms with Gasteiger partial charge in [0.05, 0.1) is 0 Å². The molecular weight excluding hydrogens is 320 g/mol. The molecule has 0 spiro atoms. The lowest BCUT2D eigenvalue weighted by atomic mass is 9.97. The average Bonchev–Trinajstić information content (AvgIpc) is 3.15. The Morgan fingerprint density at radius 1 is 1.25 bits per heavy atom. The first kappa shape index (κ1) is 16.8. The maximum absolute atomic E-state index is 12.2.